The number of thiophene rings is 1. The number of aliphatic hydroxyl groups excluding tert-OH is 1. The van der Waals surface area contributed by atoms with Gasteiger partial charge < -0.3 is 14.9 Å². The lowest BCUT2D eigenvalue weighted by molar-refractivity contribution is -0.141. The molecule has 0 saturated carbocycles. The molecule has 8 nitrogen and oxygen atoms in total. The van der Waals surface area contributed by atoms with Gasteiger partial charge in [-0.2, -0.15) is 0 Å². The van der Waals surface area contributed by atoms with E-state index in [9.17, 15) is 9.90 Å². The van der Waals surface area contributed by atoms with Gasteiger partial charge in [-0.05, 0) is 37.1 Å². The minimum Gasteiger partial charge on any atom is -0.384 e. The molecule has 1 atom stereocenters. The molecule has 3 aliphatic rings. The Morgan fingerprint density at radius 3 is 2.67 bits per heavy atom. The molecule has 188 valence electrons. The predicted molar refractivity (Wildman–Crippen MR) is 144 cm³/mol. The fourth-order valence-electron chi connectivity index (χ4n) is 5.46. The zero-order valence-corrected chi connectivity index (χ0v) is 21.5. The molecule has 2 saturated heterocycles. The van der Waals surface area contributed by atoms with Gasteiger partial charge in [-0.15, -0.1) is 11.3 Å². The summed E-state index contributed by atoms with van der Waals surface area (Å²) in [5, 5.41) is 11.9. The van der Waals surface area contributed by atoms with Crippen LogP contribution in [0.15, 0.2) is 28.6 Å². The number of carbonyl (C=O) groups is 1. The second-order valence-corrected chi connectivity index (χ2v) is 10.9. The number of piperazine rings is 1. The monoisotopic (exact) mass is 504 g/mol. The molecule has 0 spiro atoms. The van der Waals surface area contributed by atoms with Gasteiger partial charge in [0.1, 0.15) is 6.10 Å². The van der Waals surface area contributed by atoms with Gasteiger partial charge in [0.05, 0.1) is 22.5 Å². The van der Waals surface area contributed by atoms with Crippen LogP contribution in [0.2, 0.25) is 0 Å². The summed E-state index contributed by atoms with van der Waals surface area (Å²) in [6.07, 6.45) is 4.67. The summed E-state index contributed by atoms with van der Waals surface area (Å²) in [5.41, 5.74) is 6.83. The molecule has 1 amide bonds. The number of benzene rings is 1. The van der Waals surface area contributed by atoms with Gasteiger partial charge in [0, 0.05) is 68.7 Å². The van der Waals surface area contributed by atoms with Gasteiger partial charge in [0.25, 0.3) is 5.91 Å². The highest BCUT2D eigenvalue weighted by molar-refractivity contribution is 7.17. The van der Waals surface area contributed by atoms with Crippen molar-refractivity contribution < 1.29 is 9.90 Å². The lowest BCUT2D eigenvalue weighted by atomic mass is 10.0. The Hall–Kier alpha value is -2.88. The highest BCUT2D eigenvalue weighted by atomic mass is 32.1. The number of hydrogen-bond donors (Lipinski definition) is 1. The molecular weight excluding hydrogens is 472 g/mol. The first kappa shape index (κ1) is 23.5. The fraction of sp³-hybridized carbons (Fsp3) is 0.481. The van der Waals surface area contributed by atoms with Crippen LogP contribution in [0, 0.1) is 0 Å². The number of fused-ring (bicyclic) bond motifs is 2. The normalized spacial score (nSPS) is 19.2. The Kier molecular flexibility index (Phi) is 6.45. The molecule has 9 heteroatoms. The summed E-state index contributed by atoms with van der Waals surface area (Å²) in [7, 11) is 0. The molecule has 36 heavy (non-hydrogen) atoms. The van der Waals surface area contributed by atoms with Crippen molar-refractivity contribution in [3.63, 3.8) is 0 Å². The van der Waals surface area contributed by atoms with Crippen LogP contribution in [0.25, 0.3) is 21.5 Å². The predicted octanol–water partition coefficient (Wildman–Crippen LogP) is 3.31. The van der Waals surface area contributed by atoms with E-state index >= 15 is 0 Å². The summed E-state index contributed by atoms with van der Waals surface area (Å²) in [6.45, 7) is 7.91. The molecule has 1 aromatic carbocycles. The zero-order valence-electron chi connectivity index (χ0n) is 20.7. The molecule has 1 N–H and O–H groups in total. The maximum Gasteiger partial charge on any atom is 0.251 e. The summed E-state index contributed by atoms with van der Waals surface area (Å²) in [6, 6.07) is 6.42. The van der Waals surface area contributed by atoms with E-state index in [1.807, 2.05) is 6.21 Å². The van der Waals surface area contributed by atoms with Crippen molar-refractivity contribution in [1.82, 2.24) is 19.8 Å². The number of amides is 1. The van der Waals surface area contributed by atoms with Crippen molar-refractivity contribution in [3.8, 4) is 11.3 Å². The van der Waals surface area contributed by atoms with E-state index < -0.39 is 6.10 Å². The summed E-state index contributed by atoms with van der Waals surface area (Å²) in [4.78, 5) is 33.5. The standard InChI is InChI=1S/C27H32N6O2S/c1-18(34)26(35)32-12-10-31(11-13-32)16-20-17-36-25-23(20)29-27(33-8-3-2-4-9-33)30-24(25)21-7-5-6-19-14-28-15-22(19)21/h5-7,15,17-18,34H,2-4,8-14,16H2,1H3/t18-/m1/s1. The number of rotatable bonds is 5. The lowest BCUT2D eigenvalue weighted by Gasteiger charge is -2.35. The highest BCUT2D eigenvalue weighted by Gasteiger charge is 2.26. The molecule has 3 aromatic rings. The van der Waals surface area contributed by atoms with E-state index in [0.29, 0.717) is 13.1 Å². The van der Waals surface area contributed by atoms with Crippen LogP contribution in [0.1, 0.15) is 42.9 Å². The SMILES string of the molecule is C[C@@H](O)C(=O)N1CCN(Cc2csc3c(-c4cccc5c4C=NC5)nc(N4CCCCC4)nc23)CC1. The smallest absolute Gasteiger partial charge is 0.251 e. The van der Waals surface area contributed by atoms with Crippen molar-refractivity contribution in [3.05, 3.63) is 40.3 Å². The number of hydrogen-bond acceptors (Lipinski definition) is 8. The molecule has 3 aliphatic heterocycles. The molecule has 2 aromatic heterocycles. The summed E-state index contributed by atoms with van der Waals surface area (Å²) in [5.74, 6) is 0.648. The third-order valence-corrected chi connectivity index (χ3v) is 8.51. The Balaban J connectivity index is 1.35. The zero-order chi connectivity index (χ0) is 24.6. The van der Waals surface area contributed by atoms with Crippen LogP contribution in [-0.2, 0) is 17.9 Å². The van der Waals surface area contributed by atoms with Gasteiger partial charge in [-0.1, -0.05) is 18.2 Å². The third-order valence-electron chi connectivity index (χ3n) is 7.48. The van der Waals surface area contributed by atoms with Crippen LogP contribution in [0.4, 0.5) is 5.95 Å². The van der Waals surface area contributed by atoms with E-state index in [1.54, 1.807) is 16.2 Å². The van der Waals surface area contributed by atoms with Crippen LogP contribution in [0.3, 0.4) is 0 Å². The first-order chi connectivity index (χ1) is 17.6. The van der Waals surface area contributed by atoms with Crippen molar-refractivity contribution in [1.29, 1.82) is 0 Å². The van der Waals surface area contributed by atoms with E-state index in [2.05, 4.69) is 38.4 Å². The molecule has 6 rings (SSSR count). The number of carbonyl (C=O) groups excluding carboxylic acids is 1. The summed E-state index contributed by atoms with van der Waals surface area (Å²) >= 11 is 1.72. The number of aliphatic imine (C=N–C) groups is 1. The second kappa shape index (κ2) is 9.88. The Morgan fingerprint density at radius 1 is 1.08 bits per heavy atom. The minimum absolute atomic E-state index is 0.182. The molecule has 5 heterocycles. The largest absolute Gasteiger partial charge is 0.384 e. The fourth-order valence-corrected chi connectivity index (χ4v) is 6.46. The van der Waals surface area contributed by atoms with Gasteiger partial charge >= 0.3 is 0 Å². The Morgan fingerprint density at radius 2 is 1.89 bits per heavy atom. The number of aliphatic hydroxyl groups is 1. The van der Waals surface area contributed by atoms with Crippen LogP contribution >= 0.6 is 11.3 Å². The van der Waals surface area contributed by atoms with Crippen molar-refractivity contribution >= 4 is 39.6 Å². The van der Waals surface area contributed by atoms with E-state index in [1.165, 1.54) is 42.9 Å². The van der Waals surface area contributed by atoms with Gasteiger partial charge in [-0.3, -0.25) is 14.7 Å². The quantitative estimate of drug-likeness (QED) is 0.574. The van der Waals surface area contributed by atoms with E-state index in [4.69, 9.17) is 9.97 Å². The van der Waals surface area contributed by atoms with Crippen molar-refractivity contribution in [2.24, 2.45) is 4.99 Å². The lowest BCUT2D eigenvalue weighted by Crippen LogP contribution is -2.50. The minimum atomic E-state index is -0.940. The van der Waals surface area contributed by atoms with Gasteiger partial charge in [-0.25, -0.2) is 9.97 Å². The van der Waals surface area contributed by atoms with Crippen LogP contribution in [-0.4, -0.2) is 82.4 Å². The average molecular weight is 505 g/mol. The van der Waals surface area contributed by atoms with Crippen LogP contribution in [0.5, 0.6) is 0 Å². The third kappa shape index (κ3) is 4.40. The van der Waals surface area contributed by atoms with Gasteiger partial charge in [0.2, 0.25) is 5.95 Å². The number of anilines is 1. The van der Waals surface area contributed by atoms with E-state index in [0.717, 1.165) is 66.7 Å². The molecule has 0 bridgehead atoms. The van der Waals surface area contributed by atoms with Crippen molar-refractivity contribution in [2.75, 3.05) is 44.2 Å². The maximum absolute atomic E-state index is 12.2. The first-order valence-electron chi connectivity index (χ1n) is 12.9. The summed E-state index contributed by atoms with van der Waals surface area (Å²) < 4.78 is 1.13. The maximum atomic E-state index is 12.2. The molecule has 0 radical (unpaired) electrons. The number of nitrogens with zero attached hydrogens (tertiary/aromatic N) is 6. The topological polar surface area (TPSA) is 85.2 Å². The van der Waals surface area contributed by atoms with Gasteiger partial charge in [0.15, 0.2) is 0 Å². The highest BCUT2D eigenvalue weighted by Crippen LogP contribution is 2.38. The molecule has 0 aliphatic carbocycles. The molecular formula is C27H32N6O2S. The number of piperidine rings is 1. The number of aromatic nitrogens is 2. The van der Waals surface area contributed by atoms with E-state index in [-0.39, 0.29) is 5.91 Å². The first-order valence-corrected chi connectivity index (χ1v) is 13.8. The Bertz CT molecular complexity index is 1310. The second-order valence-electron chi connectivity index (χ2n) is 9.98. The molecule has 0 unspecified atom stereocenters. The van der Waals surface area contributed by atoms with Crippen LogP contribution < -0.4 is 4.90 Å². The van der Waals surface area contributed by atoms with Crippen molar-refractivity contribution in [2.45, 2.75) is 45.4 Å². The Labute approximate surface area is 215 Å². The molecule has 2 fully saturated rings. The average Bonchev–Trinajstić information content (AvgIpc) is 3.56.